The van der Waals surface area contributed by atoms with Crippen LogP contribution in [0.4, 0.5) is 0 Å². The molecule has 5 aliphatic rings. The molecule has 1 saturated heterocycles. The van der Waals surface area contributed by atoms with Gasteiger partial charge in [0.2, 0.25) is 0 Å². The Bertz CT molecular complexity index is 998. The van der Waals surface area contributed by atoms with Crippen LogP contribution >= 0.6 is 0 Å². The molecule has 8 atom stereocenters. The lowest BCUT2D eigenvalue weighted by Gasteiger charge is -2.73. The van der Waals surface area contributed by atoms with Crippen molar-refractivity contribution in [1.82, 2.24) is 16.4 Å². The SMILES string of the molecule is CC1(C)CC[C@]2(C)CC[C@]3(C)[C@H](CCC4[C@@]5(C)NNNC(C)(C)C5c5ccccc5[C@]43C)[C@H]2C1. The Kier molecular flexibility index (Phi) is 4.77. The van der Waals surface area contributed by atoms with E-state index in [9.17, 15) is 0 Å². The predicted octanol–water partition coefficient (Wildman–Crippen LogP) is 6.85. The highest BCUT2D eigenvalue weighted by Gasteiger charge is 2.70. The van der Waals surface area contributed by atoms with E-state index >= 15 is 0 Å². The van der Waals surface area contributed by atoms with E-state index in [0.29, 0.717) is 28.1 Å². The van der Waals surface area contributed by atoms with Gasteiger partial charge in [-0.2, -0.15) is 5.53 Å². The van der Waals surface area contributed by atoms with E-state index in [1.54, 1.807) is 11.1 Å². The van der Waals surface area contributed by atoms with Crippen molar-refractivity contribution in [3.8, 4) is 0 Å². The summed E-state index contributed by atoms with van der Waals surface area (Å²) >= 11 is 0. The standard InChI is InChI=1S/C31H49N3/c1-26(2)15-16-28(5)17-18-29(6)22(23(28)19-26)13-14-24-30(29,7)21-12-10-9-11-20(21)25-27(3,4)32-34-33-31(24,25)8/h9-12,22-25,32-34H,13-19H2,1-8H3/t22-,23-,24?,25?,28-,29-,30-,31-/m1/s1. The zero-order valence-corrected chi connectivity index (χ0v) is 23.1. The Morgan fingerprint density at radius 3 is 2.24 bits per heavy atom. The molecule has 0 bridgehead atoms. The van der Waals surface area contributed by atoms with Gasteiger partial charge >= 0.3 is 0 Å². The van der Waals surface area contributed by atoms with E-state index in [4.69, 9.17) is 0 Å². The van der Waals surface area contributed by atoms with Crippen LogP contribution in [0.3, 0.4) is 0 Å². The topological polar surface area (TPSA) is 36.1 Å². The Hall–Kier alpha value is -0.900. The molecule has 1 aliphatic heterocycles. The van der Waals surface area contributed by atoms with Crippen molar-refractivity contribution in [1.29, 1.82) is 0 Å². The molecule has 1 aromatic rings. The number of hydrazine groups is 2. The maximum atomic E-state index is 3.85. The zero-order valence-electron chi connectivity index (χ0n) is 23.1. The summed E-state index contributed by atoms with van der Waals surface area (Å²) in [6.45, 7) is 20.5. The van der Waals surface area contributed by atoms with Gasteiger partial charge in [-0.3, -0.25) is 0 Å². The fraction of sp³-hybridized carbons (Fsp3) is 0.806. The third-order valence-electron chi connectivity index (χ3n) is 12.8. The van der Waals surface area contributed by atoms with E-state index in [0.717, 1.165) is 11.8 Å². The van der Waals surface area contributed by atoms with Gasteiger partial charge < -0.3 is 0 Å². The summed E-state index contributed by atoms with van der Waals surface area (Å²) in [5, 5.41) is 0. The lowest BCUT2D eigenvalue weighted by molar-refractivity contribution is -0.177. The minimum absolute atomic E-state index is 0.0123. The average molecular weight is 464 g/mol. The van der Waals surface area contributed by atoms with E-state index in [1.165, 1.54) is 44.9 Å². The van der Waals surface area contributed by atoms with Crippen molar-refractivity contribution in [3.63, 3.8) is 0 Å². The second kappa shape index (κ2) is 6.90. The van der Waals surface area contributed by atoms with Gasteiger partial charge in [0.1, 0.15) is 0 Å². The van der Waals surface area contributed by atoms with Crippen molar-refractivity contribution in [2.45, 2.75) is 123 Å². The fourth-order valence-corrected chi connectivity index (χ4v) is 10.9. The number of hydrogen-bond donors (Lipinski definition) is 3. The lowest BCUT2D eigenvalue weighted by Crippen LogP contribution is -2.80. The van der Waals surface area contributed by atoms with Crippen molar-refractivity contribution >= 4 is 0 Å². The Labute approximate surface area is 208 Å². The molecule has 1 heterocycles. The summed E-state index contributed by atoms with van der Waals surface area (Å²) in [5.74, 6) is 2.72. The molecule has 3 nitrogen and oxygen atoms in total. The number of fused-ring (bicyclic) bond motifs is 10. The van der Waals surface area contributed by atoms with Crippen LogP contribution in [-0.4, -0.2) is 11.1 Å². The molecule has 0 spiro atoms. The number of benzene rings is 1. The summed E-state index contributed by atoms with van der Waals surface area (Å²) in [5.41, 5.74) is 15.6. The first-order valence-electron chi connectivity index (χ1n) is 14.2. The molecule has 188 valence electrons. The molecule has 4 aliphatic carbocycles. The molecule has 3 saturated carbocycles. The van der Waals surface area contributed by atoms with Gasteiger partial charge in [0.15, 0.2) is 0 Å². The fourth-order valence-electron chi connectivity index (χ4n) is 10.9. The zero-order chi connectivity index (χ0) is 24.4. The van der Waals surface area contributed by atoms with Gasteiger partial charge in [-0.05, 0) is 111 Å². The molecule has 6 rings (SSSR count). The monoisotopic (exact) mass is 463 g/mol. The summed E-state index contributed by atoms with van der Waals surface area (Å²) in [6, 6.07) is 9.58. The normalized spacial score (nSPS) is 50.7. The first kappa shape index (κ1) is 23.5. The number of nitrogens with one attached hydrogen (secondary N) is 3. The summed E-state index contributed by atoms with van der Waals surface area (Å²) < 4.78 is 0. The molecule has 2 unspecified atom stereocenters. The van der Waals surface area contributed by atoms with Crippen LogP contribution in [0.5, 0.6) is 0 Å². The van der Waals surface area contributed by atoms with Crippen LogP contribution in [-0.2, 0) is 5.41 Å². The average Bonchev–Trinajstić information content (AvgIpc) is 2.75. The molecular formula is C31H49N3. The minimum atomic E-state index is -0.0201. The summed E-state index contributed by atoms with van der Waals surface area (Å²) in [7, 11) is 0. The molecule has 34 heavy (non-hydrogen) atoms. The Balaban J connectivity index is 1.54. The first-order valence-corrected chi connectivity index (χ1v) is 14.2. The van der Waals surface area contributed by atoms with Crippen LogP contribution in [0, 0.1) is 34.0 Å². The highest BCUT2D eigenvalue weighted by molar-refractivity contribution is 5.49. The minimum Gasteiger partial charge on any atom is -0.238 e. The van der Waals surface area contributed by atoms with E-state index in [2.05, 4.69) is 96.0 Å². The van der Waals surface area contributed by atoms with E-state index in [1.807, 2.05) is 0 Å². The molecular weight excluding hydrogens is 414 g/mol. The highest BCUT2D eigenvalue weighted by Crippen LogP contribution is 2.74. The third kappa shape index (κ3) is 2.76. The van der Waals surface area contributed by atoms with Crippen LogP contribution in [0.25, 0.3) is 0 Å². The Morgan fingerprint density at radius 1 is 0.765 bits per heavy atom. The van der Waals surface area contributed by atoms with Gasteiger partial charge in [0, 0.05) is 22.4 Å². The quantitative estimate of drug-likeness (QED) is 0.394. The molecule has 4 fully saturated rings. The third-order valence-corrected chi connectivity index (χ3v) is 12.8. The van der Waals surface area contributed by atoms with Crippen molar-refractivity contribution in [2.75, 3.05) is 0 Å². The second-order valence-corrected chi connectivity index (χ2v) is 15.4. The molecule has 0 amide bonds. The summed E-state index contributed by atoms with van der Waals surface area (Å²) in [6.07, 6.45) is 9.76. The predicted molar refractivity (Wildman–Crippen MR) is 141 cm³/mol. The van der Waals surface area contributed by atoms with Crippen molar-refractivity contribution in [3.05, 3.63) is 35.4 Å². The second-order valence-electron chi connectivity index (χ2n) is 15.4. The van der Waals surface area contributed by atoms with Gasteiger partial charge in [0.05, 0.1) is 0 Å². The van der Waals surface area contributed by atoms with Gasteiger partial charge in [-0.1, -0.05) is 58.9 Å². The molecule has 0 radical (unpaired) electrons. The summed E-state index contributed by atoms with van der Waals surface area (Å²) in [4.78, 5) is 0. The van der Waals surface area contributed by atoms with Crippen molar-refractivity contribution < 1.29 is 0 Å². The highest BCUT2D eigenvalue weighted by atomic mass is 15.6. The number of hydrogen-bond acceptors (Lipinski definition) is 3. The van der Waals surface area contributed by atoms with Gasteiger partial charge in [0.25, 0.3) is 0 Å². The van der Waals surface area contributed by atoms with Crippen LogP contribution in [0.1, 0.15) is 117 Å². The molecule has 3 heteroatoms. The maximum Gasteiger partial charge on any atom is 0.0432 e. The van der Waals surface area contributed by atoms with E-state index in [-0.39, 0.29) is 16.5 Å². The van der Waals surface area contributed by atoms with E-state index < -0.39 is 0 Å². The lowest BCUT2D eigenvalue weighted by atomic mass is 9.33. The number of rotatable bonds is 0. The molecule has 0 aromatic heterocycles. The molecule has 3 N–H and O–H groups in total. The van der Waals surface area contributed by atoms with Crippen LogP contribution in [0.2, 0.25) is 0 Å². The molecule has 1 aromatic carbocycles. The maximum absolute atomic E-state index is 3.85. The first-order chi connectivity index (χ1) is 15.8. The largest absolute Gasteiger partial charge is 0.238 e. The van der Waals surface area contributed by atoms with Crippen LogP contribution in [0.15, 0.2) is 24.3 Å². The smallest absolute Gasteiger partial charge is 0.0432 e. The van der Waals surface area contributed by atoms with Gasteiger partial charge in [-0.15, -0.1) is 0 Å². The van der Waals surface area contributed by atoms with Crippen molar-refractivity contribution in [2.24, 2.45) is 34.0 Å². The Morgan fingerprint density at radius 2 is 1.47 bits per heavy atom. The van der Waals surface area contributed by atoms with Gasteiger partial charge in [-0.25, -0.2) is 10.9 Å². The van der Waals surface area contributed by atoms with Crippen LogP contribution < -0.4 is 16.4 Å².